The van der Waals surface area contributed by atoms with Crippen LogP contribution in [0.25, 0.3) is 22.0 Å². The Balaban J connectivity index is 1.65. The van der Waals surface area contributed by atoms with Crippen molar-refractivity contribution in [2.24, 2.45) is 0 Å². The number of hydrogen-bond donors (Lipinski definition) is 2. The molecule has 0 amide bonds. The Morgan fingerprint density at radius 2 is 1.97 bits per heavy atom. The van der Waals surface area contributed by atoms with E-state index in [0.717, 1.165) is 45.3 Å². The summed E-state index contributed by atoms with van der Waals surface area (Å²) < 4.78 is 13.9. The van der Waals surface area contributed by atoms with Gasteiger partial charge in [0.05, 0.1) is 16.2 Å². The Kier molecular flexibility index (Phi) is 4.33. The lowest BCUT2D eigenvalue weighted by atomic mass is 10.0. The number of nitrogens with one attached hydrogen (secondary N) is 1. The standard InChI is InChI=1S/C22H16ClFN6/c23-16-8-21-13(6-17(16)24)3-4-30(21)22-15-5-12(1-2-19(15)28-11-29-22)14-7-18(26)20(9-25)27-10-14/h1-2,5-11,25H,3-4,26H2. The maximum Gasteiger partial charge on any atom is 0.144 e. The van der Waals surface area contributed by atoms with Gasteiger partial charge in [0.15, 0.2) is 0 Å². The van der Waals surface area contributed by atoms with Crippen LogP contribution in [0.4, 0.5) is 21.6 Å². The number of anilines is 3. The van der Waals surface area contributed by atoms with Gasteiger partial charge in [-0.25, -0.2) is 14.4 Å². The summed E-state index contributed by atoms with van der Waals surface area (Å²) >= 11 is 6.04. The van der Waals surface area contributed by atoms with E-state index in [1.807, 2.05) is 23.1 Å². The molecule has 0 saturated carbocycles. The molecule has 3 N–H and O–H groups in total. The number of nitrogens with zero attached hydrogens (tertiary/aromatic N) is 4. The van der Waals surface area contributed by atoms with Gasteiger partial charge >= 0.3 is 0 Å². The quantitative estimate of drug-likeness (QED) is 0.468. The second kappa shape index (κ2) is 7.03. The summed E-state index contributed by atoms with van der Waals surface area (Å²) in [5.74, 6) is 0.325. The van der Waals surface area contributed by atoms with Crippen molar-refractivity contribution in [3.8, 4) is 11.1 Å². The van der Waals surface area contributed by atoms with E-state index in [9.17, 15) is 4.39 Å². The first kappa shape index (κ1) is 18.4. The van der Waals surface area contributed by atoms with Crippen molar-refractivity contribution in [3.63, 3.8) is 0 Å². The first-order valence-corrected chi connectivity index (χ1v) is 9.69. The lowest BCUT2D eigenvalue weighted by Gasteiger charge is -2.20. The molecule has 8 heteroatoms. The molecule has 0 bridgehead atoms. The number of nitrogens with two attached hydrogens (primary N) is 1. The van der Waals surface area contributed by atoms with Gasteiger partial charge in [0.2, 0.25) is 0 Å². The largest absolute Gasteiger partial charge is 0.397 e. The van der Waals surface area contributed by atoms with Gasteiger partial charge in [-0.1, -0.05) is 17.7 Å². The minimum absolute atomic E-state index is 0.0903. The molecule has 148 valence electrons. The SMILES string of the molecule is N=Cc1ncc(-c2ccc3ncnc(N4CCc5cc(F)c(Cl)cc54)c3c2)cc1N. The predicted molar refractivity (Wildman–Crippen MR) is 117 cm³/mol. The van der Waals surface area contributed by atoms with Crippen LogP contribution in [0.3, 0.4) is 0 Å². The number of hydrogen-bond acceptors (Lipinski definition) is 6. The molecule has 0 spiro atoms. The van der Waals surface area contributed by atoms with Gasteiger partial charge in [0, 0.05) is 35.6 Å². The van der Waals surface area contributed by atoms with Crippen LogP contribution in [0.15, 0.2) is 48.9 Å². The summed E-state index contributed by atoms with van der Waals surface area (Å²) in [6.07, 6.45) is 5.05. The summed E-state index contributed by atoms with van der Waals surface area (Å²) in [6, 6.07) is 10.8. The van der Waals surface area contributed by atoms with E-state index in [-0.39, 0.29) is 5.02 Å². The van der Waals surface area contributed by atoms with Gasteiger partial charge in [-0.15, -0.1) is 0 Å². The van der Waals surface area contributed by atoms with Gasteiger partial charge < -0.3 is 16.0 Å². The highest BCUT2D eigenvalue weighted by Crippen LogP contribution is 2.39. The summed E-state index contributed by atoms with van der Waals surface area (Å²) in [4.78, 5) is 15.2. The lowest BCUT2D eigenvalue weighted by molar-refractivity contribution is 0.627. The van der Waals surface area contributed by atoms with Crippen molar-refractivity contribution in [1.82, 2.24) is 15.0 Å². The molecule has 30 heavy (non-hydrogen) atoms. The van der Waals surface area contributed by atoms with Gasteiger partial charge in [0.25, 0.3) is 0 Å². The third kappa shape index (κ3) is 2.95. The zero-order valence-corrected chi connectivity index (χ0v) is 16.5. The molecule has 0 radical (unpaired) electrons. The Labute approximate surface area is 176 Å². The molecular formula is C22H16ClFN6. The van der Waals surface area contributed by atoms with Crippen molar-refractivity contribution in [2.75, 3.05) is 17.2 Å². The second-order valence-corrected chi connectivity index (χ2v) is 7.48. The van der Waals surface area contributed by atoms with Crippen LogP contribution < -0.4 is 10.6 Å². The van der Waals surface area contributed by atoms with Gasteiger partial charge in [-0.2, -0.15) is 0 Å². The lowest BCUT2D eigenvalue weighted by Crippen LogP contribution is -2.15. The van der Waals surface area contributed by atoms with E-state index in [1.54, 1.807) is 18.3 Å². The number of aromatic nitrogens is 3. The van der Waals surface area contributed by atoms with Crippen LogP contribution in [-0.4, -0.2) is 27.7 Å². The first-order valence-electron chi connectivity index (χ1n) is 9.32. The van der Waals surface area contributed by atoms with Crippen LogP contribution in [0.5, 0.6) is 0 Å². The van der Waals surface area contributed by atoms with E-state index >= 15 is 0 Å². The van der Waals surface area contributed by atoms with Crippen molar-refractivity contribution < 1.29 is 4.39 Å². The van der Waals surface area contributed by atoms with Crippen molar-refractivity contribution in [3.05, 3.63) is 71.0 Å². The summed E-state index contributed by atoms with van der Waals surface area (Å²) in [7, 11) is 0. The minimum atomic E-state index is -0.412. The number of fused-ring (bicyclic) bond motifs is 2. The van der Waals surface area contributed by atoms with E-state index in [1.165, 1.54) is 12.4 Å². The minimum Gasteiger partial charge on any atom is -0.397 e. The second-order valence-electron chi connectivity index (χ2n) is 7.07. The first-order chi connectivity index (χ1) is 14.5. The molecule has 2 aromatic carbocycles. The fourth-order valence-corrected chi connectivity index (χ4v) is 3.97. The van der Waals surface area contributed by atoms with Crippen molar-refractivity contribution in [2.45, 2.75) is 6.42 Å². The number of nitrogen functional groups attached to an aromatic ring is 1. The van der Waals surface area contributed by atoms with E-state index in [2.05, 4.69) is 15.0 Å². The molecule has 4 aromatic rings. The van der Waals surface area contributed by atoms with Gasteiger partial charge in [-0.3, -0.25) is 4.98 Å². The normalized spacial score (nSPS) is 12.9. The maximum absolute atomic E-state index is 13.9. The van der Waals surface area contributed by atoms with Crippen molar-refractivity contribution in [1.29, 1.82) is 5.41 Å². The summed E-state index contributed by atoms with van der Waals surface area (Å²) in [5.41, 5.74) is 11.2. The molecule has 0 saturated heterocycles. The smallest absolute Gasteiger partial charge is 0.144 e. The number of pyridine rings is 1. The Morgan fingerprint density at radius 1 is 1.10 bits per heavy atom. The molecule has 1 aliphatic heterocycles. The Morgan fingerprint density at radius 3 is 2.77 bits per heavy atom. The zero-order valence-electron chi connectivity index (χ0n) is 15.7. The molecule has 0 fully saturated rings. The fourth-order valence-electron chi connectivity index (χ4n) is 3.81. The summed E-state index contributed by atoms with van der Waals surface area (Å²) in [6.45, 7) is 0.675. The van der Waals surface area contributed by atoms with Gasteiger partial charge in [-0.05, 0) is 47.9 Å². The monoisotopic (exact) mass is 418 g/mol. The van der Waals surface area contributed by atoms with Gasteiger partial charge in [0.1, 0.15) is 23.7 Å². The number of halogens is 2. The highest BCUT2D eigenvalue weighted by atomic mass is 35.5. The molecule has 5 rings (SSSR count). The molecular weight excluding hydrogens is 403 g/mol. The zero-order chi connectivity index (χ0) is 20.8. The molecule has 3 heterocycles. The molecule has 0 atom stereocenters. The van der Waals surface area contributed by atoms with E-state index < -0.39 is 5.82 Å². The maximum atomic E-state index is 13.9. The Hall–Kier alpha value is -3.58. The third-order valence-corrected chi connectivity index (χ3v) is 5.60. The van der Waals surface area contributed by atoms with Crippen LogP contribution in [0, 0.1) is 11.2 Å². The van der Waals surface area contributed by atoms with Crippen LogP contribution >= 0.6 is 11.6 Å². The highest BCUT2D eigenvalue weighted by Gasteiger charge is 2.25. The average Bonchev–Trinajstić information content (AvgIpc) is 3.15. The molecule has 1 aliphatic rings. The topological polar surface area (TPSA) is 91.8 Å². The highest BCUT2D eigenvalue weighted by molar-refractivity contribution is 6.31. The predicted octanol–water partition coefficient (Wildman–Crippen LogP) is 4.76. The number of rotatable bonds is 3. The average molecular weight is 419 g/mol. The van der Waals surface area contributed by atoms with Crippen LogP contribution in [0.2, 0.25) is 5.02 Å². The number of benzene rings is 2. The third-order valence-electron chi connectivity index (χ3n) is 5.31. The van der Waals surface area contributed by atoms with E-state index in [4.69, 9.17) is 22.7 Å². The molecule has 2 aromatic heterocycles. The van der Waals surface area contributed by atoms with E-state index in [0.29, 0.717) is 24.3 Å². The summed E-state index contributed by atoms with van der Waals surface area (Å²) in [5, 5.41) is 8.31. The molecule has 0 unspecified atom stereocenters. The van der Waals surface area contributed by atoms with Crippen LogP contribution in [0.1, 0.15) is 11.3 Å². The van der Waals surface area contributed by atoms with Crippen LogP contribution in [-0.2, 0) is 6.42 Å². The molecule has 0 aliphatic carbocycles. The Bertz CT molecular complexity index is 1320. The van der Waals surface area contributed by atoms with Crippen molar-refractivity contribution >= 4 is 45.9 Å². The fraction of sp³-hybridized carbons (Fsp3) is 0.0909. The molecule has 6 nitrogen and oxygen atoms in total.